The molecule has 1 saturated carbocycles. The molecule has 186 valence electrons. The molecule has 1 aromatic carbocycles. The van der Waals surface area contributed by atoms with Crippen LogP contribution in [0.5, 0.6) is 17.2 Å². The Kier molecular flexibility index (Phi) is 9.27. The molecule has 0 aromatic heterocycles. The van der Waals surface area contributed by atoms with Gasteiger partial charge in [-0.05, 0) is 43.4 Å². The van der Waals surface area contributed by atoms with E-state index in [0.717, 1.165) is 50.6 Å². The van der Waals surface area contributed by atoms with Gasteiger partial charge in [0, 0.05) is 25.0 Å². The lowest BCUT2D eigenvalue weighted by Gasteiger charge is -2.52. The number of rotatable bonds is 11. The van der Waals surface area contributed by atoms with Crippen LogP contribution in [0.3, 0.4) is 0 Å². The summed E-state index contributed by atoms with van der Waals surface area (Å²) in [6, 6.07) is 3.85. The van der Waals surface area contributed by atoms with Crippen LogP contribution in [0.4, 0.5) is 0 Å². The monoisotopic (exact) mass is 462 g/mol. The van der Waals surface area contributed by atoms with Gasteiger partial charge in [0.1, 0.15) is 0 Å². The molecule has 1 heterocycles. The Labute approximate surface area is 198 Å². The molecule has 1 amide bonds. The highest BCUT2D eigenvalue weighted by molar-refractivity contribution is 5.78. The summed E-state index contributed by atoms with van der Waals surface area (Å²) in [6.07, 6.45) is 9.12. The predicted molar refractivity (Wildman–Crippen MR) is 129 cm³/mol. The summed E-state index contributed by atoms with van der Waals surface area (Å²) in [4.78, 5) is 15.1. The summed E-state index contributed by atoms with van der Waals surface area (Å²) in [5, 5.41) is 14.6. The number of piperidine rings is 1. The molecule has 3 atom stereocenters. The number of nitrogens with one attached hydrogen (secondary N) is 1. The largest absolute Gasteiger partial charge is 0.493 e. The first-order valence-corrected chi connectivity index (χ1v) is 12.5. The van der Waals surface area contributed by atoms with Crippen molar-refractivity contribution in [3.8, 4) is 17.2 Å². The highest BCUT2D eigenvalue weighted by atomic mass is 16.5. The minimum absolute atomic E-state index is 0.0465. The molecule has 1 saturated heterocycles. The van der Waals surface area contributed by atoms with Gasteiger partial charge in [-0.25, -0.2) is 0 Å². The Morgan fingerprint density at radius 3 is 2.45 bits per heavy atom. The van der Waals surface area contributed by atoms with Crippen molar-refractivity contribution >= 4 is 5.91 Å². The second kappa shape index (κ2) is 11.9. The summed E-state index contributed by atoms with van der Waals surface area (Å²) in [5.41, 5.74) is 0.293. The van der Waals surface area contributed by atoms with Crippen molar-refractivity contribution in [2.75, 3.05) is 41.0 Å². The van der Waals surface area contributed by atoms with Gasteiger partial charge in [0.05, 0.1) is 33.5 Å². The van der Waals surface area contributed by atoms with E-state index in [1.54, 1.807) is 21.3 Å². The molecule has 7 heteroatoms. The number of carbonyl (C=O) groups is 1. The van der Waals surface area contributed by atoms with Crippen molar-refractivity contribution in [2.45, 2.75) is 76.4 Å². The van der Waals surface area contributed by atoms with E-state index in [2.05, 4.69) is 17.1 Å². The number of aliphatic hydroxyl groups is 1. The molecule has 2 N–H and O–H groups in total. The van der Waals surface area contributed by atoms with Crippen molar-refractivity contribution < 1.29 is 24.1 Å². The summed E-state index contributed by atoms with van der Waals surface area (Å²) >= 11 is 0. The summed E-state index contributed by atoms with van der Waals surface area (Å²) in [5.74, 6) is 1.84. The summed E-state index contributed by atoms with van der Waals surface area (Å²) in [6.45, 7) is 3.90. The molecule has 0 spiro atoms. The molecule has 0 bridgehead atoms. The first kappa shape index (κ1) is 25.6. The second-order valence-corrected chi connectivity index (χ2v) is 9.49. The third-order valence-electron chi connectivity index (χ3n) is 7.40. The normalized spacial score (nSPS) is 25.2. The number of hydrogen-bond donors (Lipinski definition) is 2. The number of amides is 1. The molecule has 0 unspecified atom stereocenters. The Morgan fingerprint density at radius 1 is 1.09 bits per heavy atom. The first-order valence-electron chi connectivity index (χ1n) is 12.5. The van der Waals surface area contributed by atoms with Crippen LogP contribution in [0.25, 0.3) is 0 Å². The number of hydrogen-bond acceptors (Lipinski definition) is 6. The Hall–Kier alpha value is -1.99. The van der Waals surface area contributed by atoms with Gasteiger partial charge in [0.25, 0.3) is 0 Å². The minimum atomic E-state index is -0.698. The zero-order chi connectivity index (χ0) is 23.8. The van der Waals surface area contributed by atoms with Gasteiger partial charge in [-0.3, -0.25) is 9.69 Å². The van der Waals surface area contributed by atoms with Gasteiger partial charge in [-0.15, -0.1) is 0 Å². The SMILES string of the molecule is CCCCCCNC(=O)CN1CC[C@]2(O)CCCC[C@H]2[C@@H]1c1cc(OC)c(OC)c(OC)c1. The van der Waals surface area contributed by atoms with E-state index in [9.17, 15) is 9.90 Å². The highest BCUT2D eigenvalue weighted by Crippen LogP contribution is 2.51. The zero-order valence-corrected chi connectivity index (χ0v) is 20.8. The maximum absolute atomic E-state index is 12.8. The Balaban J connectivity index is 1.86. The molecular weight excluding hydrogens is 420 g/mol. The molecule has 1 aromatic rings. The summed E-state index contributed by atoms with van der Waals surface area (Å²) < 4.78 is 16.7. The number of unbranched alkanes of at least 4 members (excludes halogenated alkanes) is 3. The van der Waals surface area contributed by atoms with Crippen LogP contribution in [0.1, 0.15) is 76.3 Å². The number of methoxy groups -OCH3 is 3. The maximum atomic E-state index is 12.8. The van der Waals surface area contributed by atoms with Crippen LogP contribution in [0.2, 0.25) is 0 Å². The molecule has 7 nitrogen and oxygen atoms in total. The van der Waals surface area contributed by atoms with Crippen LogP contribution in [-0.4, -0.2) is 62.5 Å². The van der Waals surface area contributed by atoms with E-state index in [-0.39, 0.29) is 17.9 Å². The molecule has 0 radical (unpaired) electrons. The smallest absolute Gasteiger partial charge is 0.234 e. The van der Waals surface area contributed by atoms with Crippen molar-refractivity contribution in [1.29, 1.82) is 0 Å². The number of ether oxygens (including phenoxy) is 3. The van der Waals surface area contributed by atoms with E-state index in [0.29, 0.717) is 36.8 Å². The number of likely N-dealkylation sites (tertiary alicyclic amines) is 1. The lowest BCUT2D eigenvalue weighted by atomic mass is 9.66. The number of fused-ring (bicyclic) bond motifs is 1. The lowest BCUT2D eigenvalue weighted by molar-refractivity contribution is -0.137. The third kappa shape index (κ3) is 5.93. The third-order valence-corrected chi connectivity index (χ3v) is 7.40. The van der Waals surface area contributed by atoms with E-state index < -0.39 is 5.60 Å². The predicted octanol–water partition coefficient (Wildman–Crippen LogP) is 4.08. The highest BCUT2D eigenvalue weighted by Gasteiger charge is 2.49. The summed E-state index contributed by atoms with van der Waals surface area (Å²) in [7, 11) is 4.82. The topological polar surface area (TPSA) is 80.3 Å². The average Bonchev–Trinajstić information content (AvgIpc) is 2.82. The lowest BCUT2D eigenvalue weighted by Crippen LogP contribution is -2.56. The quantitative estimate of drug-likeness (QED) is 0.483. The van der Waals surface area contributed by atoms with Crippen molar-refractivity contribution in [3.63, 3.8) is 0 Å². The van der Waals surface area contributed by atoms with Gasteiger partial charge >= 0.3 is 0 Å². The number of carbonyl (C=O) groups excluding carboxylic acids is 1. The van der Waals surface area contributed by atoms with Gasteiger partial charge < -0.3 is 24.6 Å². The molecule has 1 aliphatic heterocycles. The van der Waals surface area contributed by atoms with E-state index in [1.165, 1.54) is 12.8 Å². The van der Waals surface area contributed by atoms with Gasteiger partial charge in [0.15, 0.2) is 11.5 Å². The van der Waals surface area contributed by atoms with Crippen LogP contribution < -0.4 is 19.5 Å². The Morgan fingerprint density at radius 2 is 1.82 bits per heavy atom. The fraction of sp³-hybridized carbons (Fsp3) is 0.731. The fourth-order valence-electron chi connectivity index (χ4n) is 5.65. The van der Waals surface area contributed by atoms with E-state index >= 15 is 0 Å². The van der Waals surface area contributed by atoms with Gasteiger partial charge in [0.2, 0.25) is 11.7 Å². The van der Waals surface area contributed by atoms with Crippen LogP contribution >= 0.6 is 0 Å². The van der Waals surface area contributed by atoms with Gasteiger partial charge in [-0.1, -0.05) is 39.0 Å². The van der Waals surface area contributed by atoms with Gasteiger partial charge in [-0.2, -0.15) is 0 Å². The zero-order valence-electron chi connectivity index (χ0n) is 20.8. The molecule has 1 aliphatic carbocycles. The van der Waals surface area contributed by atoms with Crippen LogP contribution in [0.15, 0.2) is 12.1 Å². The minimum Gasteiger partial charge on any atom is -0.493 e. The second-order valence-electron chi connectivity index (χ2n) is 9.49. The molecule has 2 aliphatic rings. The Bertz CT molecular complexity index is 761. The standard InChI is InChI=1S/C26H42N2O5/c1-5-6-7-10-14-27-23(29)18-28-15-13-26(30)12-9-8-11-20(26)24(28)19-16-21(31-2)25(33-4)22(17-19)32-3/h16-17,20,24,30H,5-15,18H2,1-4H3,(H,27,29)/t20-,24-,26+/m0/s1. The molecule has 2 fully saturated rings. The maximum Gasteiger partial charge on any atom is 0.234 e. The number of benzene rings is 1. The van der Waals surface area contributed by atoms with E-state index in [1.807, 2.05) is 12.1 Å². The number of nitrogens with zero attached hydrogens (tertiary/aromatic N) is 1. The van der Waals surface area contributed by atoms with Crippen molar-refractivity contribution in [2.24, 2.45) is 5.92 Å². The first-order chi connectivity index (χ1) is 16.0. The van der Waals surface area contributed by atoms with E-state index in [4.69, 9.17) is 14.2 Å². The van der Waals surface area contributed by atoms with Crippen LogP contribution in [-0.2, 0) is 4.79 Å². The average molecular weight is 463 g/mol. The van der Waals surface area contributed by atoms with Crippen molar-refractivity contribution in [3.05, 3.63) is 17.7 Å². The fourth-order valence-corrected chi connectivity index (χ4v) is 5.65. The molecule has 33 heavy (non-hydrogen) atoms. The molecular formula is C26H42N2O5. The van der Waals surface area contributed by atoms with Crippen molar-refractivity contribution in [1.82, 2.24) is 10.2 Å². The van der Waals surface area contributed by atoms with Crippen LogP contribution in [0, 0.1) is 5.92 Å². The molecule has 3 rings (SSSR count).